The van der Waals surface area contributed by atoms with Crippen molar-refractivity contribution in [3.8, 4) is 0 Å². The van der Waals surface area contributed by atoms with Gasteiger partial charge in [-0.1, -0.05) is 0 Å². The number of carbonyl (C=O) groups is 3. The van der Waals surface area contributed by atoms with Gasteiger partial charge >= 0.3 is 5.97 Å². The van der Waals surface area contributed by atoms with Gasteiger partial charge in [-0.15, -0.1) is 0 Å². The summed E-state index contributed by atoms with van der Waals surface area (Å²) in [6.07, 6.45) is -1.60. The van der Waals surface area contributed by atoms with E-state index in [9.17, 15) is 19.5 Å². The molecule has 0 aromatic rings. The largest absolute Gasteiger partial charge is 0.463 e. The van der Waals surface area contributed by atoms with Crippen LogP contribution in [0, 0.1) is 0 Å². The summed E-state index contributed by atoms with van der Waals surface area (Å²) in [7, 11) is 0. The van der Waals surface area contributed by atoms with Crippen LogP contribution in [0.3, 0.4) is 0 Å². The topological polar surface area (TPSA) is 114 Å². The number of esters is 1. The molecular formula is C12H20N2O6. The lowest BCUT2D eigenvalue weighted by molar-refractivity contribution is -0.203. The smallest absolute Gasteiger partial charge is 0.302 e. The number of rotatable bonds is 4. The summed E-state index contributed by atoms with van der Waals surface area (Å²) in [5.74, 6) is -1.06. The number of amides is 2. The van der Waals surface area contributed by atoms with E-state index in [1.807, 2.05) is 0 Å². The Kier molecular flexibility index (Phi) is 5.90. The zero-order chi connectivity index (χ0) is 15.3. The summed E-state index contributed by atoms with van der Waals surface area (Å²) in [4.78, 5) is 33.1. The van der Waals surface area contributed by atoms with E-state index in [0.717, 1.165) is 0 Å². The highest BCUT2D eigenvalue weighted by Gasteiger charge is 2.38. The Bertz CT molecular complexity index is 386. The average molecular weight is 288 g/mol. The summed E-state index contributed by atoms with van der Waals surface area (Å²) in [5, 5.41) is 15.0. The highest BCUT2D eigenvalue weighted by molar-refractivity contribution is 5.74. The van der Waals surface area contributed by atoms with Crippen molar-refractivity contribution in [2.45, 2.75) is 51.7 Å². The molecule has 1 saturated heterocycles. The van der Waals surface area contributed by atoms with Crippen LogP contribution in [0.15, 0.2) is 0 Å². The zero-order valence-electron chi connectivity index (χ0n) is 11.7. The predicted molar refractivity (Wildman–Crippen MR) is 67.3 cm³/mol. The van der Waals surface area contributed by atoms with Crippen LogP contribution in [0.4, 0.5) is 0 Å². The van der Waals surface area contributed by atoms with Gasteiger partial charge in [0.15, 0.2) is 6.29 Å². The van der Waals surface area contributed by atoms with Crippen molar-refractivity contribution >= 4 is 17.8 Å². The third-order valence-corrected chi connectivity index (χ3v) is 2.84. The van der Waals surface area contributed by atoms with Gasteiger partial charge in [0.25, 0.3) is 0 Å². The molecule has 1 rings (SSSR count). The molecular weight excluding hydrogens is 268 g/mol. The molecule has 8 nitrogen and oxygen atoms in total. The molecule has 1 fully saturated rings. The molecule has 0 spiro atoms. The molecule has 114 valence electrons. The number of aliphatic hydroxyl groups excluding tert-OH is 1. The van der Waals surface area contributed by atoms with Crippen LogP contribution in [0.2, 0.25) is 0 Å². The van der Waals surface area contributed by atoms with E-state index in [0.29, 0.717) is 0 Å². The molecule has 1 heterocycles. The van der Waals surface area contributed by atoms with Crippen molar-refractivity contribution in [1.82, 2.24) is 10.6 Å². The maximum atomic E-state index is 11.2. The molecule has 0 saturated carbocycles. The average Bonchev–Trinajstić information content (AvgIpc) is 2.29. The van der Waals surface area contributed by atoms with E-state index in [2.05, 4.69) is 10.6 Å². The highest BCUT2D eigenvalue weighted by atomic mass is 16.6. The summed E-state index contributed by atoms with van der Waals surface area (Å²) < 4.78 is 10.2. The molecule has 0 radical (unpaired) electrons. The molecule has 1 aliphatic rings. The van der Waals surface area contributed by atoms with E-state index >= 15 is 0 Å². The number of nitrogens with one attached hydrogen (secondary N) is 2. The van der Waals surface area contributed by atoms with Gasteiger partial charge in [-0.25, -0.2) is 0 Å². The predicted octanol–water partition coefficient (Wildman–Crippen LogP) is -1.33. The minimum absolute atomic E-state index is 0.0792. The number of aliphatic hydroxyl groups is 1. The van der Waals surface area contributed by atoms with Gasteiger partial charge in [0.05, 0.1) is 12.1 Å². The van der Waals surface area contributed by atoms with Gasteiger partial charge in [0.1, 0.15) is 12.7 Å². The molecule has 0 aromatic carbocycles. The maximum absolute atomic E-state index is 11.2. The maximum Gasteiger partial charge on any atom is 0.302 e. The number of hydrogen-bond acceptors (Lipinski definition) is 6. The second kappa shape index (κ2) is 7.20. The Morgan fingerprint density at radius 2 is 1.70 bits per heavy atom. The Hall–Kier alpha value is -1.67. The van der Waals surface area contributed by atoms with E-state index in [4.69, 9.17) is 9.47 Å². The fourth-order valence-electron chi connectivity index (χ4n) is 2.07. The normalized spacial score (nSPS) is 29.4. The van der Waals surface area contributed by atoms with Crippen molar-refractivity contribution in [2.24, 2.45) is 0 Å². The van der Waals surface area contributed by atoms with Crippen molar-refractivity contribution in [3.63, 3.8) is 0 Å². The van der Waals surface area contributed by atoms with Crippen LogP contribution in [-0.2, 0) is 23.9 Å². The second-order valence-electron chi connectivity index (χ2n) is 4.72. The van der Waals surface area contributed by atoms with Crippen LogP contribution in [0.1, 0.15) is 27.2 Å². The van der Waals surface area contributed by atoms with Gasteiger partial charge in [0.2, 0.25) is 11.8 Å². The zero-order valence-corrected chi connectivity index (χ0v) is 11.7. The minimum Gasteiger partial charge on any atom is -0.463 e. The quantitative estimate of drug-likeness (QED) is 0.552. The van der Waals surface area contributed by atoms with Crippen molar-refractivity contribution < 1.29 is 29.0 Å². The molecule has 0 aliphatic carbocycles. The first-order valence-electron chi connectivity index (χ1n) is 6.30. The first-order chi connectivity index (χ1) is 9.29. The fourth-order valence-corrected chi connectivity index (χ4v) is 2.07. The summed E-state index contributed by atoms with van der Waals surface area (Å²) in [6, 6.07) is -1.09. The van der Waals surface area contributed by atoms with Crippen molar-refractivity contribution in [3.05, 3.63) is 0 Å². The lowest BCUT2D eigenvalue weighted by atomic mass is 9.97. The van der Waals surface area contributed by atoms with E-state index in [1.165, 1.54) is 20.8 Å². The third kappa shape index (κ3) is 5.14. The van der Waals surface area contributed by atoms with Crippen LogP contribution in [0.25, 0.3) is 0 Å². The van der Waals surface area contributed by atoms with E-state index < -0.39 is 30.4 Å². The van der Waals surface area contributed by atoms with Crippen LogP contribution in [0.5, 0.6) is 0 Å². The Balaban J connectivity index is 2.70. The third-order valence-electron chi connectivity index (χ3n) is 2.84. The van der Waals surface area contributed by atoms with Crippen LogP contribution >= 0.6 is 0 Å². The number of carbonyl (C=O) groups excluding carboxylic acids is 3. The number of hydrogen-bond donors (Lipinski definition) is 3. The Morgan fingerprint density at radius 3 is 2.20 bits per heavy atom. The van der Waals surface area contributed by atoms with Gasteiger partial charge in [-0.3, -0.25) is 14.4 Å². The SMILES string of the molecule is CC(=O)N[C@H]1C[C@@H](NC(C)=O)[C@@H](O)O[C@@H]1COC(C)=O. The molecule has 2 amide bonds. The van der Waals surface area contributed by atoms with Crippen molar-refractivity contribution in [2.75, 3.05) is 6.61 Å². The first kappa shape index (κ1) is 16.4. The second-order valence-corrected chi connectivity index (χ2v) is 4.72. The van der Waals surface area contributed by atoms with Crippen LogP contribution < -0.4 is 10.6 Å². The Morgan fingerprint density at radius 1 is 1.15 bits per heavy atom. The lowest BCUT2D eigenvalue weighted by Crippen LogP contribution is -2.59. The van der Waals surface area contributed by atoms with Crippen molar-refractivity contribution in [1.29, 1.82) is 0 Å². The summed E-state index contributed by atoms with van der Waals surface area (Å²) in [6.45, 7) is 3.85. The van der Waals surface area contributed by atoms with E-state index in [-0.39, 0.29) is 24.8 Å². The number of ether oxygens (including phenoxy) is 2. The van der Waals surface area contributed by atoms with E-state index in [1.54, 1.807) is 0 Å². The molecule has 4 atom stereocenters. The molecule has 0 aromatic heterocycles. The summed E-state index contributed by atoms with van der Waals surface area (Å²) in [5.41, 5.74) is 0. The van der Waals surface area contributed by atoms with Gasteiger partial charge in [-0.05, 0) is 6.42 Å². The molecule has 0 bridgehead atoms. The molecule has 0 unspecified atom stereocenters. The summed E-state index contributed by atoms with van der Waals surface area (Å²) >= 11 is 0. The minimum atomic E-state index is -1.22. The lowest BCUT2D eigenvalue weighted by Gasteiger charge is -2.39. The highest BCUT2D eigenvalue weighted by Crippen LogP contribution is 2.19. The molecule has 20 heavy (non-hydrogen) atoms. The van der Waals surface area contributed by atoms with Gasteiger partial charge in [-0.2, -0.15) is 0 Å². The van der Waals surface area contributed by atoms with Gasteiger partial charge < -0.3 is 25.2 Å². The van der Waals surface area contributed by atoms with Crippen LogP contribution in [-0.4, -0.2) is 54.0 Å². The standard InChI is InChI=1S/C12H20N2O6/c1-6(15)13-9-4-10(14-7(2)16)12(18)20-11(9)5-19-8(3)17/h9-12,18H,4-5H2,1-3H3,(H,13,15)(H,14,16)/t9-,10+,11+,12-/m0/s1. The first-order valence-corrected chi connectivity index (χ1v) is 6.30. The fraction of sp³-hybridized carbons (Fsp3) is 0.750. The molecule has 8 heteroatoms. The molecule has 1 aliphatic heterocycles. The molecule has 3 N–H and O–H groups in total. The van der Waals surface area contributed by atoms with Gasteiger partial charge in [0, 0.05) is 20.8 Å². The monoisotopic (exact) mass is 288 g/mol. The Labute approximate surface area is 116 Å².